The van der Waals surface area contributed by atoms with E-state index in [-0.39, 0.29) is 0 Å². The minimum atomic E-state index is 0.698. The Labute approximate surface area is 32.9 Å². The molecule has 0 saturated heterocycles. The van der Waals surface area contributed by atoms with Crippen molar-refractivity contribution in [2.45, 2.75) is 0 Å². The zero-order valence-corrected chi connectivity index (χ0v) is 3.77. The Morgan fingerprint density at radius 1 is 1.80 bits per heavy atom. The lowest BCUT2D eigenvalue weighted by Crippen LogP contribution is -1.45. The molecule has 0 saturated carbocycles. The maximum atomic E-state index is 4.79. The number of allylic oxidation sites excluding steroid dienone is 1. The van der Waals surface area contributed by atoms with Gasteiger partial charge in [0.25, 0.3) is 0 Å². The molecule has 0 radical (unpaired) electrons. The van der Waals surface area contributed by atoms with Crippen LogP contribution in [-0.2, 0) is 4.52 Å². The van der Waals surface area contributed by atoms with Crippen LogP contribution in [0.1, 0.15) is 0 Å². The Balaban J connectivity index is 2.32. The summed E-state index contributed by atoms with van der Waals surface area (Å²) < 4.78 is 4.79. The number of hydrogen-bond acceptors (Lipinski definition) is 1. The van der Waals surface area contributed by atoms with Crippen LogP contribution in [0, 0.1) is 0 Å². The van der Waals surface area contributed by atoms with Crippen molar-refractivity contribution >= 4 is 8.81 Å². The van der Waals surface area contributed by atoms with E-state index in [9.17, 15) is 0 Å². The summed E-state index contributed by atoms with van der Waals surface area (Å²) in [7, 11) is 0.698. The molecule has 0 aliphatic carbocycles. The van der Waals surface area contributed by atoms with Crippen molar-refractivity contribution in [2.24, 2.45) is 0 Å². The smallest absolute Gasteiger partial charge is 0.0830 e. The summed E-state index contributed by atoms with van der Waals surface area (Å²) in [6.45, 7) is 0. The Hall–Kier alpha value is -0.0300. The van der Waals surface area contributed by atoms with Crippen molar-refractivity contribution in [3.63, 3.8) is 0 Å². The molecular formula is C3H5OP. The lowest BCUT2D eigenvalue weighted by Gasteiger charge is -1.79. The molecular weight excluding hydrogens is 83.0 g/mol. The summed E-state index contributed by atoms with van der Waals surface area (Å²) in [6.07, 6.45) is 4.90. The quantitative estimate of drug-likeness (QED) is 0.403. The van der Waals surface area contributed by atoms with Crippen LogP contribution in [0.4, 0.5) is 0 Å². The molecule has 0 spiro atoms. The molecule has 28 valence electrons. The van der Waals surface area contributed by atoms with E-state index >= 15 is 0 Å². The minimum absolute atomic E-state index is 0.698. The van der Waals surface area contributed by atoms with E-state index in [1.54, 1.807) is 6.26 Å². The highest BCUT2D eigenvalue weighted by Gasteiger charge is 1.84. The molecule has 0 fully saturated rings. The van der Waals surface area contributed by atoms with Crippen molar-refractivity contribution in [3.05, 3.63) is 12.3 Å². The van der Waals surface area contributed by atoms with Crippen molar-refractivity contribution in [1.29, 1.82) is 0 Å². The fourth-order valence-electron chi connectivity index (χ4n) is 0.241. The topological polar surface area (TPSA) is 9.23 Å². The Kier molecular flexibility index (Phi) is 0.899. The van der Waals surface area contributed by atoms with Gasteiger partial charge in [-0.3, -0.25) is 0 Å². The molecule has 1 unspecified atom stereocenters. The number of rotatable bonds is 0. The third kappa shape index (κ3) is 0.624. The molecule has 1 rings (SSSR count). The molecule has 0 aromatic heterocycles. The first-order valence-electron chi connectivity index (χ1n) is 1.53. The molecule has 1 aliphatic heterocycles. The Bertz CT molecular complexity index is 44.9. The lowest BCUT2D eigenvalue weighted by molar-refractivity contribution is 0.565. The normalized spacial score (nSPS) is 24.0. The molecule has 0 aromatic carbocycles. The SMILES string of the molecule is C1=COPC1. The minimum Gasteiger partial charge on any atom is -0.485 e. The van der Waals surface area contributed by atoms with Gasteiger partial charge in [-0.2, -0.15) is 0 Å². The Morgan fingerprint density at radius 2 is 2.80 bits per heavy atom. The molecule has 5 heavy (non-hydrogen) atoms. The van der Waals surface area contributed by atoms with Crippen LogP contribution in [0.25, 0.3) is 0 Å². The monoisotopic (exact) mass is 88.0 g/mol. The van der Waals surface area contributed by atoms with Gasteiger partial charge in [-0.25, -0.2) is 0 Å². The van der Waals surface area contributed by atoms with Gasteiger partial charge in [0.15, 0.2) is 0 Å². The van der Waals surface area contributed by atoms with Crippen LogP contribution in [-0.4, -0.2) is 6.16 Å². The molecule has 0 N–H and O–H groups in total. The standard InChI is InChI=1S/C3H5OP/c1-2-4-5-3-1/h1-2,5H,3H2. The van der Waals surface area contributed by atoms with E-state index in [1.807, 2.05) is 6.08 Å². The molecule has 0 aromatic rings. The molecule has 1 aliphatic rings. The molecule has 1 heterocycles. The van der Waals surface area contributed by atoms with Crippen molar-refractivity contribution in [2.75, 3.05) is 6.16 Å². The van der Waals surface area contributed by atoms with Crippen LogP contribution in [0.15, 0.2) is 12.3 Å². The van der Waals surface area contributed by atoms with Gasteiger partial charge in [0, 0.05) is 6.16 Å². The third-order valence-electron chi connectivity index (χ3n) is 0.449. The number of hydrogen-bond donors (Lipinski definition) is 0. The summed E-state index contributed by atoms with van der Waals surface area (Å²) in [6, 6.07) is 0. The fraction of sp³-hybridized carbons (Fsp3) is 0.333. The van der Waals surface area contributed by atoms with Gasteiger partial charge >= 0.3 is 0 Å². The zero-order valence-electron chi connectivity index (χ0n) is 2.77. The van der Waals surface area contributed by atoms with Crippen molar-refractivity contribution in [3.8, 4) is 0 Å². The van der Waals surface area contributed by atoms with Crippen LogP contribution in [0.2, 0.25) is 0 Å². The van der Waals surface area contributed by atoms with Gasteiger partial charge in [0.2, 0.25) is 0 Å². The predicted molar refractivity (Wildman–Crippen MR) is 23.4 cm³/mol. The molecule has 1 nitrogen and oxygen atoms in total. The van der Waals surface area contributed by atoms with Gasteiger partial charge in [-0.15, -0.1) is 0 Å². The van der Waals surface area contributed by atoms with Crippen molar-refractivity contribution < 1.29 is 4.52 Å². The molecule has 2 heteroatoms. The summed E-state index contributed by atoms with van der Waals surface area (Å²) in [5.41, 5.74) is 0. The Morgan fingerprint density at radius 3 is 3.00 bits per heavy atom. The van der Waals surface area contributed by atoms with Crippen molar-refractivity contribution in [1.82, 2.24) is 0 Å². The van der Waals surface area contributed by atoms with E-state index in [4.69, 9.17) is 4.52 Å². The summed E-state index contributed by atoms with van der Waals surface area (Å²) in [4.78, 5) is 0. The lowest BCUT2D eigenvalue weighted by atomic mass is 10.7. The van der Waals surface area contributed by atoms with E-state index in [0.717, 1.165) is 6.16 Å². The van der Waals surface area contributed by atoms with Gasteiger partial charge < -0.3 is 4.52 Å². The maximum Gasteiger partial charge on any atom is 0.0830 e. The van der Waals surface area contributed by atoms with Crippen LogP contribution in [0.3, 0.4) is 0 Å². The summed E-state index contributed by atoms with van der Waals surface area (Å²) >= 11 is 0. The van der Waals surface area contributed by atoms with Gasteiger partial charge in [0.1, 0.15) is 0 Å². The van der Waals surface area contributed by atoms with E-state index in [2.05, 4.69) is 0 Å². The summed E-state index contributed by atoms with van der Waals surface area (Å²) in [5.74, 6) is 0. The fourth-order valence-corrected chi connectivity index (χ4v) is 0.722. The zero-order chi connectivity index (χ0) is 3.54. The first-order chi connectivity index (χ1) is 2.50. The van der Waals surface area contributed by atoms with Gasteiger partial charge in [0.05, 0.1) is 15.1 Å². The summed E-state index contributed by atoms with van der Waals surface area (Å²) in [5, 5.41) is 0. The highest BCUT2D eigenvalue weighted by molar-refractivity contribution is 7.32. The van der Waals surface area contributed by atoms with Gasteiger partial charge in [-0.1, -0.05) is 0 Å². The highest BCUT2D eigenvalue weighted by Crippen LogP contribution is 2.17. The van der Waals surface area contributed by atoms with E-state index in [0.29, 0.717) is 8.81 Å². The van der Waals surface area contributed by atoms with E-state index in [1.165, 1.54) is 0 Å². The first-order valence-corrected chi connectivity index (χ1v) is 2.65. The molecule has 0 bridgehead atoms. The predicted octanol–water partition coefficient (Wildman–Crippen LogP) is 1.12. The van der Waals surface area contributed by atoms with Crippen LogP contribution in [0.5, 0.6) is 0 Å². The largest absolute Gasteiger partial charge is 0.485 e. The molecule has 0 amide bonds. The van der Waals surface area contributed by atoms with Gasteiger partial charge in [-0.05, 0) is 6.08 Å². The first kappa shape index (κ1) is 3.17. The molecule has 1 atom stereocenters. The maximum absolute atomic E-state index is 4.79. The second kappa shape index (κ2) is 1.42. The second-order valence-corrected chi connectivity index (χ2v) is 1.77. The highest BCUT2D eigenvalue weighted by atomic mass is 31.1. The average molecular weight is 88.0 g/mol. The van der Waals surface area contributed by atoms with Crippen LogP contribution >= 0.6 is 8.81 Å². The van der Waals surface area contributed by atoms with E-state index < -0.39 is 0 Å². The average Bonchev–Trinajstić information content (AvgIpc) is 1.76. The second-order valence-electron chi connectivity index (χ2n) is 0.838. The third-order valence-corrected chi connectivity index (χ3v) is 1.15. The van der Waals surface area contributed by atoms with Crippen LogP contribution < -0.4 is 0 Å².